The molecule has 41 heavy (non-hydrogen) atoms. The van der Waals surface area contributed by atoms with E-state index >= 15 is 4.39 Å². The highest BCUT2D eigenvalue weighted by Crippen LogP contribution is 2.52. The third-order valence-corrected chi connectivity index (χ3v) is 7.90. The van der Waals surface area contributed by atoms with E-state index in [1.807, 2.05) is 24.3 Å². The van der Waals surface area contributed by atoms with Crippen LogP contribution in [0.3, 0.4) is 0 Å². The number of fused-ring (bicyclic) bond motifs is 1. The third-order valence-electron chi connectivity index (χ3n) is 6.80. The summed E-state index contributed by atoms with van der Waals surface area (Å²) in [6.45, 7) is 10.3. The lowest BCUT2D eigenvalue weighted by molar-refractivity contribution is 0.0150. The number of hydrogen-bond donors (Lipinski definition) is 0. The summed E-state index contributed by atoms with van der Waals surface area (Å²) in [7, 11) is 0. The smallest absolute Gasteiger partial charge is 0.426 e. The van der Waals surface area contributed by atoms with Crippen molar-refractivity contribution in [2.24, 2.45) is 10.9 Å². The number of carbonyl (C=O) groups excluding carboxylic acids is 2. The Labute approximate surface area is 245 Å². The lowest BCUT2D eigenvalue weighted by atomic mass is 9.80. The van der Waals surface area contributed by atoms with Crippen LogP contribution in [0.2, 0.25) is 0 Å². The van der Waals surface area contributed by atoms with E-state index in [0.717, 1.165) is 28.9 Å². The van der Waals surface area contributed by atoms with Crippen molar-refractivity contribution in [2.45, 2.75) is 77.5 Å². The van der Waals surface area contributed by atoms with Gasteiger partial charge in [0.15, 0.2) is 5.17 Å². The molecule has 1 heterocycles. The Morgan fingerprint density at radius 3 is 2.20 bits per heavy atom. The number of hydrogen-bond acceptors (Lipinski definition) is 7. The van der Waals surface area contributed by atoms with Crippen molar-refractivity contribution in [1.29, 1.82) is 5.26 Å². The van der Waals surface area contributed by atoms with Crippen LogP contribution in [0.25, 0.3) is 12.2 Å². The highest BCUT2D eigenvalue weighted by molar-refractivity contribution is 8.13. The van der Waals surface area contributed by atoms with E-state index in [0.29, 0.717) is 23.3 Å². The summed E-state index contributed by atoms with van der Waals surface area (Å²) in [6, 6.07) is 14.2. The second kappa shape index (κ2) is 11.7. The number of benzene rings is 2. The Morgan fingerprint density at radius 1 is 1.02 bits per heavy atom. The van der Waals surface area contributed by atoms with Gasteiger partial charge in [0.2, 0.25) is 0 Å². The Morgan fingerprint density at radius 2 is 1.61 bits per heavy atom. The molecule has 1 aliphatic carbocycles. The van der Waals surface area contributed by atoms with E-state index in [1.54, 1.807) is 65.8 Å². The second-order valence-corrected chi connectivity index (χ2v) is 13.3. The first-order valence-corrected chi connectivity index (χ1v) is 14.7. The number of nitrogens with zero attached hydrogens (tertiary/aromatic N) is 3. The minimum Gasteiger partial charge on any atom is -0.443 e. The van der Waals surface area contributed by atoms with Crippen molar-refractivity contribution in [3.05, 3.63) is 70.5 Å². The number of ether oxygens (including phenoxy) is 2. The van der Waals surface area contributed by atoms with Gasteiger partial charge in [-0.1, -0.05) is 48.5 Å². The number of nitriles is 1. The van der Waals surface area contributed by atoms with Gasteiger partial charge in [-0.2, -0.15) is 10.2 Å². The summed E-state index contributed by atoms with van der Waals surface area (Å²) in [5.41, 5.74) is 0.0642. The van der Waals surface area contributed by atoms with Gasteiger partial charge in [0.25, 0.3) is 0 Å². The summed E-state index contributed by atoms with van der Waals surface area (Å²) in [6.07, 6.45) is 4.30. The predicted octanol–water partition coefficient (Wildman–Crippen LogP) is 8.14. The largest absolute Gasteiger partial charge is 0.443 e. The molecule has 0 spiro atoms. The number of halogens is 1. The van der Waals surface area contributed by atoms with Gasteiger partial charge in [-0.05, 0) is 95.7 Å². The van der Waals surface area contributed by atoms with Crippen molar-refractivity contribution in [1.82, 2.24) is 4.90 Å². The Hall–Kier alpha value is -3.64. The topological polar surface area (TPSA) is 92.0 Å². The minimum absolute atomic E-state index is 0.0302. The molecule has 0 radical (unpaired) electrons. The molecule has 1 fully saturated rings. The molecule has 2 amide bonds. The van der Waals surface area contributed by atoms with Crippen molar-refractivity contribution in [3.8, 4) is 6.07 Å². The zero-order valence-electron chi connectivity index (χ0n) is 24.4. The van der Waals surface area contributed by atoms with Gasteiger partial charge < -0.3 is 9.47 Å². The fraction of sp³-hybridized carbons (Fsp3) is 0.438. The summed E-state index contributed by atoms with van der Waals surface area (Å²) in [5, 5.41) is 9.18. The molecular weight excluding hydrogens is 541 g/mol. The first-order valence-electron chi connectivity index (χ1n) is 13.7. The molecule has 1 aliphatic heterocycles. The maximum atomic E-state index is 15.6. The summed E-state index contributed by atoms with van der Waals surface area (Å²) in [5.74, 6) is 0.206. The van der Waals surface area contributed by atoms with Gasteiger partial charge in [0.05, 0.1) is 17.2 Å². The van der Waals surface area contributed by atoms with Crippen molar-refractivity contribution in [3.63, 3.8) is 0 Å². The fourth-order valence-electron chi connectivity index (χ4n) is 5.02. The molecule has 0 saturated heterocycles. The minimum atomic E-state index is -0.939. The van der Waals surface area contributed by atoms with Crippen molar-refractivity contribution in [2.75, 3.05) is 5.75 Å². The zero-order chi connectivity index (χ0) is 30.0. The van der Waals surface area contributed by atoms with E-state index in [1.165, 1.54) is 17.8 Å². The lowest BCUT2D eigenvalue weighted by Gasteiger charge is -2.39. The predicted molar refractivity (Wildman–Crippen MR) is 160 cm³/mol. The number of aliphatic imine (C=N–C) groups is 1. The monoisotopic (exact) mass is 577 g/mol. The van der Waals surface area contributed by atoms with Crippen LogP contribution in [0.1, 0.15) is 83.1 Å². The average Bonchev–Trinajstić information content (AvgIpc) is 3.31. The molecule has 7 nitrogen and oxygen atoms in total. The number of amidine groups is 1. The molecule has 2 aliphatic rings. The summed E-state index contributed by atoms with van der Waals surface area (Å²) in [4.78, 5) is 32.5. The molecule has 0 N–H and O–H groups in total. The molecule has 0 unspecified atom stereocenters. The van der Waals surface area contributed by atoms with E-state index in [4.69, 9.17) is 19.7 Å². The SMILES string of the molecule is CC(C)(C)OC(=O)N(C(=O)OC(C)(C)C)C1=N[C@@]2(c3cc(/C=C/c4ccc(C#N)cc4)ccc3F)CCC[C@H]2CS1. The normalized spacial score (nSPS) is 20.6. The van der Waals surface area contributed by atoms with Crippen LogP contribution >= 0.6 is 11.8 Å². The Kier molecular flexibility index (Phi) is 8.65. The van der Waals surface area contributed by atoms with E-state index in [-0.39, 0.29) is 16.9 Å². The van der Waals surface area contributed by atoms with Gasteiger partial charge >= 0.3 is 12.2 Å². The van der Waals surface area contributed by atoms with Gasteiger partial charge in [-0.15, -0.1) is 0 Å². The molecule has 0 bridgehead atoms. The molecular formula is C32H36FN3O4S. The first kappa shape index (κ1) is 30.3. The second-order valence-electron chi connectivity index (χ2n) is 12.3. The first-order chi connectivity index (χ1) is 19.2. The van der Waals surface area contributed by atoms with Crippen LogP contribution in [0, 0.1) is 23.1 Å². The van der Waals surface area contributed by atoms with E-state index in [2.05, 4.69) is 6.07 Å². The standard InChI is InChI=1S/C32H36FN3O4S/c1-30(2,3)39-28(37)36(29(38)40-31(4,5)6)27-35-32(17-7-8-24(32)20-41-27)25-18-22(15-16-26(25)33)12-9-21-10-13-23(19-34)14-11-21/h9-16,18,24H,7-8,17,20H2,1-6H3/b12-9+/t24-,32-/m0/s1. The molecule has 216 valence electrons. The van der Waals surface area contributed by atoms with Crippen LogP contribution in [0.15, 0.2) is 47.5 Å². The van der Waals surface area contributed by atoms with Crippen molar-refractivity contribution < 1.29 is 23.5 Å². The maximum absolute atomic E-state index is 15.6. The average molecular weight is 578 g/mol. The number of rotatable bonds is 3. The Bertz CT molecular complexity index is 1390. The molecule has 2 aromatic carbocycles. The van der Waals surface area contributed by atoms with Crippen LogP contribution in [-0.4, -0.2) is 39.2 Å². The third kappa shape index (κ3) is 7.17. The molecule has 0 aromatic heterocycles. The quantitative estimate of drug-likeness (QED) is 0.342. The van der Waals surface area contributed by atoms with Crippen molar-refractivity contribution >= 4 is 41.3 Å². The fourth-order valence-corrected chi connectivity index (χ4v) is 6.32. The van der Waals surface area contributed by atoms with Crippen LogP contribution < -0.4 is 0 Å². The summed E-state index contributed by atoms with van der Waals surface area (Å²) < 4.78 is 26.7. The van der Waals surface area contributed by atoms with E-state index in [9.17, 15) is 9.59 Å². The molecule has 4 rings (SSSR count). The molecule has 2 aromatic rings. The maximum Gasteiger partial charge on any atom is 0.426 e. The molecule has 2 atom stereocenters. The number of thioether (sulfide) groups is 1. The zero-order valence-corrected chi connectivity index (χ0v) is 25.2. The van der Waals surface area contributed by atoms with E-state index < -0.39 is 28.9 Å². The lowest BCUT2D eigenvalue weighted by Crippen LogP contribution is -2.49. The van der Waals surface area contributed by atoms with Crippen LogP contribution in [0.5, 0.6) is 0 Å². The highest BCUT2D eigenvalue weighted by atomic mass is 32.2. The molecule has 9 heteroatoms. The van der Waals surface area contributed by atoms with Gasteiger partial charge in [0, 0.05) is 11.3 Å². The van der Waals surface area contributed by atoms with Crippen LogP contribution in [-0.2, 0) is 15.0 Å². The number of carbonyl (C=O) groups is 2. The highest BCUT2D eigenvalue weighted by Gasteiger charge is 2.50. The number of amides is 2. The Balaban J connectivity index is 1.75. The van der Waals surface area contributed by atoms with Gasteiger partial charge in [-0.3, -0.25) is 0 Å². The van der Waals surface area contributed by atoms with Gasteiger partial charge in [0.1, 0.15) is 17.0 Å². The van der Waals surface area contributed by atoms with Crippen LogP contribution in [0.4, 0.5) is 14.0 Å². The van der Waals surface area contributed by atoms with Gasteiger partial charge in [-0.25, -0.2) is 19.0 Å². The number of imide groups is 1. The summed E-state index contributed by atoms with van der Waals surface area (Å²) >= 11 is 1.29. The molecule has 1 saturated carbocycles.